The van der Waals surface area contributed by atoms with Crippen LogP contribution in [0.2, 0.25) is 5.02 Å². The number of rotatable bonds is 7. The summed E-state index contributed by atoms with van der Waals surface area (Å²) < 4.78 is 66.7. The third-order valence-electron chi connectivity index (χ3n) is 5.35. The molecule has 0 fully saturated rings. The first kappa shape index (κ1) is 23.8. The molecule has 2 aromatic heterocycles. The van der Waals surface area contributed by atoms with E-state index < -0.39 is 6.36 Å². The highest BCUT2D eigenvalue weighted by Gasteiger charge is 2.32. The van der Waals surface area contributed by atoms with Crippen LogP contribution in [0.25, 0.3) is 27.7 Å². The molecule has 0 radical (unpaired) electrons. The van der Waals surface area contributed by atoms with Gasteiger partial charge in [-0.15, -0.1) is 13.2 Å². The predicted octanol–water partition coefficient (Wildman–Crippen LogP) is 7.41. The van der Waals surface area contributed by atoms with Gasteiger partial charge in [-0.05, 0) is 49.4 Å². The minimum absolute atomic E-state index is 0.0448. The van der Waals surface area contributed by atoms with E-state index in [1.54, 1.807) is 54.0 Å². The third-order valence-corrected chi connectivity index (χ3v) is 5.58. The molecule has 0 bridgehead atoms. The fourth-order valence-corrected chi connectivity index (χ4v) is 4.06. The Balaban J connectivity index is 1.67. The molecule has 11 heteroatoms. The first-order chi connectivity index (χ1) is 17.2. The number of halogens is 4. The van der Waals surface area contributed by atoms with Gasteiger partial charge in [-0.25, -0.2) is 0 Å². The average molecular weight is 519 g/mol. The number of alkyl halides is 3. The van der Waals surface area contributed by atoms with E-state index in [4.69, 9.17) is 30.3 Å². The second-order valence-corrected chi connectivity index (χ2v) is 8.19. The Bertz CT molecular complexity index is 1560. The van der Waals surface area contributed by atoms with Crippen LogP contribution >= 0.6 is 11.6 Å². The van der Waals surface area contributed by atoms with Gasteiger partial charge in [0, 0.05) is 29.7 Å². The lowest BCUT2D eigenvalue weighted by atomic mass is 10.2. The molecule has 0 atom stereocenters. The van der Waals surface area contributed by atoms with Crippen LogP contribution in [-0.2, 0) is 4.74 Å². The first-order valence-corrected chi connectivity index (χ1v) is 11.0. The molecule has 36 heavy (non-hydrogen) atoms. The zero-order valence-electron chi connectivity index (χ0n) is 18.9. The Morgan fingerprint density at radius 1 is 0.972 bits per heavy atom. The maximum Gasteiger partial charge on any atom is 0.573 e. The largest absolute Gasteiger partial charge is 0.573 e. The normalized spacial score (nSPS) is 11.8. The van der Waals surface area contributed by atoms with Gasteiger partial charge in [0.05, 0.1) is 16.6 Å². The summed E-state index contributed by atoms with van der Waals surface area (Å²) in [4.78, 5) is 0. The molecule has 0 unspecified atom stereocenters. The van der Waals surface area contributed by atoms with Gasteiger partial charge >= 0.3 is 6.36 Å². The van der Waals surface area contributed by atoms with Crippen LogP contribution in [0, 0.1) is 6.92 Å². The van der Waals surface area contributed by atoms with Crippen molar-refractivity contribution < 1.29 is 36.6 Å². The molecule has 0 aliphatic heterocycles. The molecule has 0 N–H and O–H groups in total. The number of aromatic nitrogens is 2. The monoisotopic (exact) mass is 518 g/mol. The van der Waals surface area contributed by atoms with Crippen molar-refractivity contribution in [2.45, 2.75) is 13.3 Å². The van der Waals surface area contributed by atoms with Crippen molar-refractivity contribution in [1.29, 1.82) is 0 Å². The Hall–Kier alpha value is -3.89. The Labute approximate surface area is 207 Å². The van der Waals surface area contributed by atoms with Crippen molar-refractivity contribution in [1.82, 2.24) is 9.72 Å². The average Bonchev–Trinajstić information content (AvgIpc) is 3.34. The number of hydrogen-bond donors (Lipinski definition) is 0. The van der Waals surface area contributed by atoms with E-state index in [0.29, 0.717) is 55.7 Å². The minimum atomic E-state index is -4.85. The topological polar surface area (TPSA) is 67.9 Å². The number of nitrogens with zero attached hydrogens (tertiary/aromatic N) is 2. The number of fused-ring (bicyclic) bond motifs is 2. The molecule has 0 saturated heterocycles. The molecule has 7 nitrogen and oxygen atoms in total. The Morgan fingerprint density at radius 2 is 1.78 bits per heavy atom. The predicted molar refractivity (Wildman–Crippen MR) is 126 cm³/mol. The summed E-state index contributed by atoms with van der Waals surface area (Å²) in [6.45, 7) is 1.81. The quantitative estimate of drug-likeness (QED) is 0.209. The lowest BCUT2D eigenvalue weighted by Crippen LogP contribution is -2.17. The van der Waals surface area contributed by atoms with Crippen LogP contribution in [-0.4, -0.2) is 30.0 Å². The molecule has 3 aromatic carbocycles. The molecule has 2 heterocycles. The summed E-state index contributed by atoms with van der Waals surface area (Å²) in [6, 6.07) is 15.9. The van der Waals surface area contributed by atoms with Gasteiger partial charge in [0.1, 0.15) is 17.2 Å². The van der Waals surface area contributed by atoms with Gasteiger partial charge in [0.15, 0.2) is 23.9 Å². The van der Waals surface area contributed by atoms with Gasteiger partial charge in [-0.2, -0.15) is 0 Å². The minimum Gasteiger partial charge on any atom is -0.467 e. The van der Waals surface area contributed by atoms with E-state index in [1.165, 1.54) is 25.3 Å². The van der Waals surface area contributed by atoms with Crippen molar-refractivity contribution in [2.75, 3.05) is 13.9 Å². The number of methoxy groups -OCH3 is 1. The van der Waals surface area contributed by atoms with E-state index in [0.717, 1.165) is 0 Å². The van der Waals surface area contributed by atoms with Crippen molar-refractivity contribution in [3.63, 3.8) is 0 Å². The first-order valence-electron chi connectivity index (χ1n) is 10.6. The standard InChI is InChI=1S/C25H18ClF3N2O5/c1-14-23(34-17-5-3-4-16(11-17)33-13-32-2)20-12-18(35-25(27,28)29)7-9-21(20)31(14)24-19-8-6-15(26)10-22(19)36-30-24/h3-12H,13H2,1-2H3. The van der Waals surface area contributed by atoms with Crippen molar-refractivity contribution in [3.05, 3.63) is 71.4 Å². The molecular weight excluding hydrogens is 501 g/mol. The fourth-order valence-electron chi connectivity index (χ4n) is 3.90. The molecular formula is C25H18ClF3N2O5. The van der Waals surface area contributed by atoms with Gasteiger partial charge in [-0.1, -0.05) is 22.8 Å². The highest BCUT2D eigenvalue weighted by atomic mass is 35.5. The summed E-state index contributed by atoms with van der Waals surface area (Å²) in [7, 11) is 1.50. The van der Waals surface area contributed by atoms with E-state index in [2.05, 4.69) is 9.89 Å². The van der Waals surface area contributed by atoms with Gasteiger partial charge in [0.25, 0.3) is 0 Å². The van der Waals surface area contributed by atoms with Crippen LogP contribution in [0.5, 0.6) is 23.0 Å². The second kappa shape index (κ2) is 9.29. The van der Waals surface area contributed by atoms with E-state index in [1.807, 2.05) is 0 Å². The summed E-state index contributed by atoms with van der Waals surface area (Å²) in [5, 5.41) is 5.72. The molecule has 0 amide bonds. The molecule has 0 spiro atoms. The van der Waals surface area contributed by atoms with E-state index in [9.17, 15) is 13.2 Å². The SMILES string of the molecule is COCOc1cccc(Oc2c(C)n(-c3noc4cc(Cl)ccc34)c3ccc(OC(F)(F)F)cc23)c1. The summed E-state index contributed by atoms with van der Waals surface area (Å²) >= 11 is 6.07. The van der Waals surface area contributed by atoms with Crippen LogP contribution < -0.4 is 14.2 Å². The molecule has 186 valence electrons. The highest BCUT2D eigenvalue weighted by molar-refractivity contribution is 6.31. The Morgan fingerprint density at radius 3 is 2.56 bits per heavy atom. The number of hydrogen-bond acceptors (Lipinski definition) is 6. The van der Waals surface area contributed by atoms with Crippen molar-refractivity contribution >= 4 is 33.5 Å². The molecule has 5 rings (SSSR count). The molecule has 0 aliphatic carbocycles. The lowest BCUT2D eigenvalue weighted by molar-refractivity contribution is -0.274. The van der Waals surface area contributed by atoms with Crippen molar-refractivity contribution in [2.24, 2.45) is 0 Å². The van der Waals surface area contributed by atoms with Gasteiger partial charge < -0.3 is 23.5 Å². The van der Waals surface area contributed by atoms with Crippen LogP contribution in [0.15, 0.2) is 65.2 Å². The van der Waals surface area contributed by atoms with Crippen molar-refractivity contribution in [3.8, 4) is 28.8 Å². The maximum atomic E-state index is 12.9. The van der Waals surface area contributed by atoms with Crippen LogP contribution in [0.4, 0.5) is 13.2 Å². The fraction of sp³-hybridized carbons (Fsp3) is 0.160. The number of benzene rings is 3. The summed E-state index contributed by atoms with van der Waals surface area (Å²) in [5.41, 5.74) is 1.57. The third kappa shape index (κ3) is 4.65. The van der Waals surface area contributed by atoms with Gasteiger partial charge in [-0.3, -0.25) is 4.57 Å². The maximum absolute atomic E-state index is 12.9. The van der Waals surface area contributed by atoms with E-state index in [-0.39, 0.29) is 12.5 Å². The van der Waals surface area contributed by atoms with Gasteiger partial charge in [0.2, 0.25) is 0 Å². The molecule has 0 saturated carbocycles. The van der Waals surface area contributed by atoms with Crippen LogP contribution in [0.3, 0.4) is 0 Å². The zero-order valence-corrected chi connectivity index (χ0v) is 19.7. The molecule has 0 aliphatic rings. The van der Waals surface area contributed by atoms with E-state index >= 15 is 0 Å². The zero-order chi connectivity index (χ0) is 25.4. The Kier molecular flexibility index (Phi) is 6.15. The van der Waals surface area contributed by atoms with Crippen LogP contribution in [0.1, 0.15) is 5.69 Å². The highest BCUT2D eigenvalue weighted by Crippen LogP contribution is 2.42. The second-order valence-electron chi connectivity index (χ2n) is 7.75. The summed E-state index contributed by atoms with van der Waals surface area (Å²) in [6.07, 6.45) is -4.85. The number of ether oxygens (including phenoxy) is 4. The smallest absolute Gasteiger partial charge is 0.467 e. The summed E-state index contributed by atoms with van der Waals surface area (Å²) in [5.74, 6) is 1.26. The lowest BCUT2D eigenvalue weighted by Gasteiger charge is -2.10. The molecule has 5 aromatic rings.